The predicted octanol–water partition coefficient (Wildman–Crippen LogP) is 10.9. The highest BCUT2D eigenvalue weighted by Crippen LogP contribution is 2.35. The van der Waals surface area contributed by atoms with Gasteiger partial charge in [-0.3, -0.25) is 9.97 Å². The Balaban J connectivity index is 1.36. The first-order valence-corrected chi connectivity index (χ1v) is 16.7. The molecule has 0 saturated heterocycles. The molecule has 0 saturated carbocycles. The Bertz CT molecular complexity index is 2260. The quantitative estimate of drug-likeness (QED) is 0.173. The van der Waals surface area contributed by atoms with E-state index in [1.165, 1.54) is 0 Å². The van der Waals surface area contributed by atoms with E-state index in [4.69, 9.17) is 15.0 Å². The molecule has 0 aliphatic rings. The van der Waals surface area contributed by atoms with Gasteiger partial charge in [0, 0.05) is 51.6 Å². The molecule has 0 aliphatic carbocycles. The Labute approximate surface area is 292 Å². The van der Waals surface area contributed by atoms with Crippen LogP contribution in [0.15, 0.2) is 164 Å². The molecule has 0 unspecified atom stereocenters. The number of rotatable bonds is 7. The Hall–Kier alpha value is -6.59. The molecule has 50 heavy (non-hydrogen) atoms. The van der Waals surface area contributed by atoms with Gasteiger partial charge < -0.3 is 0 Å². The normalized spacial score (nSPS) is 11.0. The smallest absolute Gasteiger partial charge is 0.164 e. The molecule has 238 valence electrons. The second-order valence-corrected chi connectivity index (χ2v) is 12.4. The molecule has 3 heterocycles. The molecule has 5 heteroatoms. The molecule has 0 spiro atoms. The van der Waals surface area contributed by atoms with Crippen LogP contribution in [0.5, 0.6) is 0 Å². The Morgan fingerprint density at radius 2 is 0.600 bits per heavy atom. The van der Waals surface area contributed by atoms with Gasteiger partial charge in [-0.05, 0) is 95.8 Å². The minimum absolute atomic E-state index is 0.594. The van der Waals surface area contributed by atoms with Crippen molar-refractivity contribution in [1.29, 1.82) is 0 Å². The van der Waals surface area contributed by atoms with Gasteiger partial charge in [0.15, 0.2) is 17.5 Å². The Kier molecular flexibility index (Phi) is 8.29. The van der Waals surface area contributed by atoms with Gasteiger partial charge in [0.1, 0.15) is 0 Å². The zero-order valence-electron chi connectivity index (χ0n) is 27.8. The second-order valence-electron chi connectivity index (χ2n) is 12.4. The van der Waals surface area contributed by atoms with Crippen LogP contribution in [-0.2, 0) is 0 Å². The van der Waals surface area contributed by atoms with Crippen molar-refractivity contribution < 1.29 is 0 Å². The third kappa shape index (κ3) is 6.58. The third-order valence-corrected chi connectivity index (χ3v) is 8.75. The maximum absolute atomic E-state index is 5.21. The highest BCUT2D eigenvalue weighted by molar-refractivity contribution is 5.82. The topological polar surface area (TPSA) is 64.5 Å². The summed E-state index contributed by atoms with van der Waals surface area (Å²) in [5.74, 6) is 1.80. The summed E-state index contributed by atoms with van der Waals surface area (Å²) in [5.41, 5.74) is 13.1. The maximum atomic E-state index is 5.21. The number of nitrogens with zero attached hydrogens (tertiary/aromatic N) is 5. The predicted molar refractivity (Wildman–Crippen MR) is 203 cm³/mol. The van der Waals surface area contributed by atoms with Gasteiger partial charge in [-0.1, -0.05) is 103 Å². The van der Waals surface area contributed by atoms with Gasteiger partial charge in [0.25, 0.3) is 0 Å². The van der Waals surface area contributed by atoms with Crippen LogP contribution in [0.25, 0.3) is 78.7 Å². The van der Waals surface area contributed by atoms with Crippen molar-refractivity contribution in [3.63, 3.8) is 0 Å². The Morgan fingerprint density at radius 3 is 0.960 bits per heavy atom. The molecule has 5 nitrogen and oxygen atoms in total. The summed E-state index contributed by atoms with van der Waals surface area (Å²) >= 11 is 0. The van der Waals surface area contributed by atoms with E-state index >= 15 is 0 Å². The number of aryl methyl sites for hydroxylation is 2. The summed E-state index contributed by atoms with van der Waals surface area (Å²) in [7, 11) is 0. The van der Waals surface area contributed by atoms with E-state index in [1.54, 1.807) is 0 Å². The average molecular weight is 644 g/mol. The van der Waals surface area contributed by atoms with Gasteiger partial charge in [-0.2, -0.15) is 0 Å². The van der Waals surface area contributed by atoms with Crippen molar-refractivity contribution in [2.45, 2.75) is 13.8 Å². The fraction of sp³-hybridized carbons (Fsp3) is 0.0444. The minimum Gasteiger partial charge on any atom is -0.261 e. The highest BCUT2D eigenvalue weighted by atomic mass is 15.0. The molecule has 5 aromatic carbocycles. The summed E-state index contributed by atoms with van der Waals surface area (Å²) in [6, 6.07) is 52.3. The van der Waals surface area contributed by atoms with Gasteiger partial charge in [0.05, 0.1) is 0 Å². The minimum atomic E-state index is 0.594. The van der Waals surface area contributed by atoms with E-state index in [1.807, 2.05) is 80.8 Å². The second kappa shape index (κ2) is 13.5. The summed E-state index contributed by atoms with van der Waals surface area (Å²) in [5, 5.41) is 0. The molecule has 8 aromatic rings. The van der Waals surface area contributed by atoms with E-state index in [2.05, 4.69) is 107 Å². The van der Waals surface area contributed by atoms with Crippen molar-refractivity contribution in [2.24, 2.45) is 0 Å². The standard InChI is InChI=1S/C45H33N5/c1-30-18-20-35(28-46-30)39-22-37(32-12-6-3-7-13-32)24-41(26-39)44-48-43(34-16-10-5-11-17-34)49-45(50-44)42-25-38(33-14-8-4-9-15-33)23-40(27-42)36-21-19-31(2)47-29-36/h3-29H,1-2H3. The van der Waals surface area contributed by atoms with E-state index in [-0.39, 0.29) is 0 Å². The van der Waals surface area contributed by atoms with E-state index < -0.39 is 0 Å². The third-order valence-electron chi connectivity index (χ3n) is 8.75. The van der Waals surface area contributed by atoms with Crippen LogP contribution in [0.1, 0.15) is 11.4 Å². The van der Waals surface area contributed by atoms with Gasteiger partial charge in [0.2, 0.25) is 0 Å². The summed E-state index contributed by atoms with van der Waals surface area (Å²) in [6.07, 6.45) is 3.85. The number of aromatic nitrogens is 5. The zero-order valence-corrected chi connectivity index (χ0v) is 27.8. The van der Waals surface area contributed by atoms with Gasteiger partial charge >= 0.3 is 0 Å². The summed E-state index contributed by atoms with van der Waals surface area (Å²) in [4.78, 5) is 24.6. The molecular formula is C45H33N5. The van der Waals surface area contributed by atoms with Crippen molar-refractivity contribution in [2.75, 3.05) is 0 Å². The molecule has 8 rings (SSSR count). The zero-order chi connectivity index (χ0) is 33.9. The van der Waals surface area contributed by atoms with Gasteiger partial charge in [-0.15, -0.1) is 0 Å². The molecular weight excluding hydrogens is 611 g/mol. The van der Waals surface area contributed by atoms with E-state index in [0.29, 0.717) is 17.5 Å². The molecule has 0 N–H and O–H groups in total. The SMILES string of the molecule is Cc1ccc(-c2cc(-c3ccccc3)cc(-c3nc(-c4ccccc4)nc(-c4cc(-c5ccccc5)cc(-c5ccc(C)nc5)c4)n3)c2)cn1. The lowest BCUT2D eigenvalue weighted by molar-refractivity contribution is 1.07. The number of pyridine rings is 2. The van der Waals surface area contributed by atoms with Crippen molar-refractivity contribution >= 4 is 0 Å². The fourth-order valence-electron chi connectivity index (χ4n) is 6.07. The number of hydrogen-bond donors (Lipinski definition) is 0. The van der Waals surface area contributed by atoms with Crippen molar-refractivity contribution in [3.8, 4) is 78.7 Å². The lowest BCUT2D eigenvalue weighted by Gasteiger charge is -2.14. The van der Waals surface area contributed by atoms with Crippen molar-refractivity contribution in [3.05, 3.63) is 175 Å². The van der Waals surface area contributed by atoms with Crippen LogP contribution < -0.4 is 0 Å². The number of hydrogen-bond acceptors (Lipinski definition) is 5. The first-order chi connectivity index (χ1) is 24.6. The van der Waals surface area contributed by atoms with Crippen LogP contribution in [0, 0.1) is 13.8 Å². The van der Waals surface area contributed by atoms with E-state index in [9.17, 15) is 0 Å². The Morgan fingerprint density at radius 1 is 0.280 bits per heavy atom. The van der Waals surface area contributed by atoms with Crippen LogP contribution in [0.4, 0.5) is 0 Å². The molecule has 0 atom stereocenters. The number of benzene rings is 5. The molecule has 3 aromatic heterocycles. The lowest BCUT2D eigenvalue weighted by Crippen LogP contribution is -2.01. The highest BCUT2D eigenvalue weighted by Gasteiger charge is 2.17. The molecule has 0 aliphatic heterocycles. The van der Waals surface area contributed by atoms with Crippen LogP contribution in [0.3, 0.4) is 0 Å². The molecule has 0 amide bonds. The molecule has 0 fully saturated rings. The lowest BCUT2D eigenvalue weighted by atomic mass is 9.95. The van der Waals surface area contributed by atoms with Crippen LogP contribution in [0.2, 0.25) is 0 Å². The van der Waals surface area contributed by atoms with Crippen LogP contribution >= 0.6 is 0 Å². The molecule has 0 radical (unpaired) electrons. The maximum Gasteiger partial charge on any atom is 0.164 e. The van der Waals surface area contributed by atoms with Gasteiger partial charge in [-0.25, -0.2) is 15.0 Å². The monoisotopic (exact) mass is 643 g/mol. The summed E-state index contributed by atoms with van der Waals surface area (Å²) < 4.78 is 0. The fourth-order valence-corrected chi connectivity index (χ4v) is 6.07. The summed E-state index contributed by atoms with van der Waals surface area (Å²) in [6.45, 7) is 4.00. The first kappa shape index (κ1) is 30.7. The first-order valence-electron chi connectivity index (χ1n) is 16.7. The molecule has 0 bridgehead atoms. The van der Waals surface area contributed by atoms with E-state index in [0.717, 1.165) is 72.6 Å². The largest absolute Gasteiger partial charge is 0.261 e. The average Bonchev–Trinajstić information content (AvgIpc) is 3.19. The van der Waals surface area contributed by atoms with Crippen LogP contribution in [-0.4, -0.2) is 24.9 Å². The van der Waals surface area contributed by atoms with Crippen molar-refractivity contribution in [1.82, 2.24) is 24.9 Å².